The van der Waals surface area contributed by atoms with Gasteiger partial charge in [0, 0.05) is 24.5 Å². The van der Waals surface area contributed by atoms with Crippen molar-refractivity contribution in [3.8, 4) is 11.4 Å². The third-order valence-electron chi connectivity index (χ3n) is 4.36. The molecule has 9 heteroatoms. The Hall–Kier alpha value is -2.78. The molecule has 0 aliphatic carbocycles. The second-order valence-corrected chi connectivity index (χ2v) is 9.63. The van der Waals surface area contributed by atoms with Crippen LogP contribution >= 0.6 is 23.1 Å². The Morgan fingerprint density at radius 1 is 1.17 bits per heavy atom. The summed E-state index contributed by atoms with van der Waals surface area (Å²) in [5.41, 5.74) is 1.79. The van der Waals surface area contributed by atoms with Crippen molar-refractivity contribution in [2.75, 3.05) is 5.32 Å². The van der Waals surface area contributed by atoms with Gasteiger partial charge in [-0.3, -0.25) is 9.78 Å². The topological polar surface area (TPSA) is 85.6 Å². The first-order chi connectivity index (χ1) is 14.5. The Morgan fingerprint density at radius 2 is 2.00 bits per heavy atom. The highest BCUT2D eigenvalue weighted by molar-refractivity contribution is 8.00. The van der Waals surface area contributed by atoms with Crippen molar-refractivity contribution in [2.45, 2.75) is 37.7 Å². The lowest BCUT2D eigenvalue weighted by molar-refractivity contribution is -0.115. The number of carbonyl (C=O) groups is 1. The standard InChI is InChI=1S/C21H22N6OS2/c1-13(2)12-27-18(15-7-6-10-22-11-15)25-26-21(27)29-14(3)19(28)24-20-23-16-8-4-5-9-17(16)30-20/h4-11,13-14H,12H2,1-3H3,(H,23,24,28). The van der Waals surface area contributed by atoms with E-state index in [0.29, 0.717) is 11.0 Å². The van der Waals surface area contributed by atoms with Gasteiger partial charge in [-0.2, -0.15) is 0 Å². The van der Waals surface area contributed by atoms with Crippen molar-refractivity contribution in [2.24, 2.45) is 5.92 Å². The molecule has 1 unspecified atom stereocenters. The zero-order chi connectivity index (χ0) is 21.1. The summed E-state index contributed by atoms with van der Waals surface area (Å²) in [7, 11) is 0. The number of rotatable bonds is 7. The summed E-state index contributed by atoms with van der Waals surface area (Å²) in [4.78, 5) is 21.4. The molecule has 1 amide bonds. The number of pyridine rings is 1. The van der Waals surface area contributed by atoms with Crippen molar-refractivity contribution in [3.63, 3.8) is 0 Å². The Balaban J connectivity index is 1.52. The Kier molecular flexibility index (Phi) is 6.10. The molecule has 1 aromatic carbocycles. The Labute approximate surface area is 183 Å². The molecule has 0 saturated heterocycles. The normalized spacial score (nSPS) is 12.4. The number of nitrogens with one attached hydrogen (secondary N) is 1. The summed E-state index contributed by atoms with van der Waals surface area (Å²) in [6.45, 7) is 6.91. The molecule has 0 spiro atoms. The molecule has 0 radical (unpaired) electrons. The van der Waals surface area contributed by atoms with Gasteiger partial charge >= 0.3 is 0 Å². The number of thiazole rings is 1. The maximum atomic E-state index is 12.8. The van der Waals surface area contributed by atoms with Gasteiger partial charge in [-0.25, -0.2) is 4.98 Å². The fourth-order valence-corrected chi connectivity index (χ4v) is 4.69. The molecule has 3 heterocycles. The van der Waals surface area contributed by atoms with Crippen LogP contribution in [0.2, 0.25) is 0 Å². The molecule has 30 heavy (non-hydrogen) atoms. The minimum Gasteiger partial charge on any atom is -0.302 e. The molecular formula is C21H22N6OS2. The van der Waals surface area contributed by atoms with Gasteiger partial charge in [0.1, 0.15) is 0 Å². The summed E-state index contributed by atoms with van der Waals surface area (Å²) < 4.78 is 3.11. The molecule has 0 aliphatic heterocycles. The van der Waals surface area contributed by atoms with Crippen molar-refractivity contribution in [1.29, 1.82) is 0 Å². The number of thioether (sulfide) groups is 1. The van der Waals surface area contributed by atoms with E-state index in [9.17, 15) is 4.79 Å². The quantitative estimate of drug-likeness (QED) is 0.420. The van der Waals surface area contributed by atoms with E-state index < -0.39 is 0 Å². The molecule has 4 rings (SSSR count). The van der Waals surface area contributed by atoms with E-state index in [2.05, 4.69) is 43.9 Å². The van der Waals surface area contributed by atoms with Gasteiger partial charge in [0.05, 0.1) is 15.5 Å². The number of para-hydroxylation sites is 1. The largest absolute Gasteiger partial charge is 0.302 e. The second kappa shape index (κ2) is 8.93. The van der Waals surface area contributed by atoms with Gasteiger partial charge in [0.15, 0.2) is 16.1 Å². The average molecular weight is 439 g/mol. The highest BCUT2D eigenvalue weighted by atomic mass is 32.2. The molecule has 0 saturated carbocycles. The van der Waals surface area contributed by atoms with E-state index in [1.165, 1.54) is 23.1 Å². The van der Waals surface area contributed by atoms with E-state index >= 15 is 0 Å². The molecule has 0 aliphatic rings. The third-order valence-corrected chi connectivity index (χ3v) is 6.39. The highest BCUT2D eigenvalue weighted by Crippen LogP contribution is 2.29. The molecule has 0 bridgehead atoms. The van der Waals surface area contributed by atoms with Crippen LogP contribution in [0.3, 0.4) is 0 Å². The summed E-state index contributed by atoms with van der Waals surface area (Å²) in [6.07, 6.45) is 3.51. The van der Waals surface area contributed by atoms with E-state index in [-0.39, 0.29) is 11.2 Å². The molecule has 154 valence electrons. The number of amides is 1. The first-order valence-corrected chi connectivity index (χ1v) is 11.4. The fourth-order valence-electron chi connectivity index (χ4n) is 2.96. The number of hydrogen-bond donors (Lipinski definition) is 1. The Morgan fingerprint density at radius 3 is 2.73 bits per heavy atom. The van der Waals surface area contributed by atoms with Crippen LogP contribution in [0.4, 0.5) is 5.13 Å². The lowest BCUT2D eigenvalue weighted by Gasteiger charge is -2.14. The van der Waals surface area contributed by atoms with Crippen LogP contribution in [0.5, 0.6) is 0 Å². The van der Waals surface area contributed by atoms with E-state index in [4.69, 9.17) is 0 Å². The van der Waals surface area contributed by atoms with E-state index in [1.54, 1.807) is 12.4 Å². The van der Waals surface area contributed by atoms with Gasteiger partial charge in [0.2, 0.25) is 5.91 Å². The predicted molar refractivity (Wildman–Crippen MR) is 122 cm³/mol. The van der Waals surface area contributed by atoms with Crippen molar-refractivity contribution in [3.05, 3.63) is 48.8 Å². The molecular weight excluding hydrogens is 416 g/mol. The second-order valence-electron chi connectivity index (χ2n) is 7.29. The van der Waals surface area contributed by atoms with Gasteiger partial charge < -0.3 is 9.88 Å². The highest BCUT2D eigenvalue weighted by Gasteiger charge is 2.22. The third kappa shape index (κ3) is 4.52. The zero-order valence-electron chi connectivity index (χ0n) is 16.9. The summed E-state index contributed by atoms with van der Waals surface area (Å²) in [5.74, 6) is 1.06. The number of nitrogens with zero attached hydrogens (tertiary/aromatic N) is 5. The summed E-state index contributed by atoms with van der Waals surface area (Å²) in [5, 5.41) is 12.6. The molecule has 7 nitrogen and oxygen atoms in total. The predicted octanol–water partition coefficient (Wildman–Crippen LogP) is 4.73. The Bertz CT molecular complexity index is 1120. The molecule has 4 aromatic rings. The fraction of sp³-hybridized carbons (Fsp3) is 0.286. The van der Waals surface area contributed by atoms with Crippen LogP contribution in [-0.4, -0.2) is 35.9 Å². The van der Waals surface area contributed by atoms with Crippen LogP contribution in [0.15, 0.2) is 53.9 Å². The van der Waals surface area contributed by atoms with Crippen molar-refractivity contribution in [1.82, 2.24) is 24.7 Å². The monoisotopic (exact) mass is 438 g/mol. The number of anilines is 1. The first-order valence-electron chi connectivity index (χ1n) is 9.68. The van der Waals surface area contributed by atoms with Crippen molar-refractivity contribution >= 4 is 44.4 Å². The zero-order valence-corrected chi connectivity index (χ0v) is 18.6. The number of aromatic nitrogens is 5. The average Bonchev–Trinajstić information content (AvgIpc) is 3.31. The molecule has 1 N–H and O–H groups in total. The number of carbonyl (C=O) groups excluding carboxylic acids is 1. The van der Waals surface area contributed by atoms with Crippen LogP contribution in [0, 0.1) is 5.92 Å². The lowest BCUT2D eigenvalue weighted by atomic mass is 10.2. The molecule has 1 atom stereocenters. The van der Waals surface area contributed by atoms with Gasteiger partial charge in [-0.05, 0) is 37.1 Å². The van der Waals surface area contributed by atoms with Crippen LogP contribution in [0.1, 0.15) is 20.8 Å². The van der Waals surface area contributed by atoms with Crippen LogP contribution in [0.25, 0.3) is 21.6 Å². The minimum atomic E-state index is -0.353. The van der Waals surface area contributed by atoms with E-state index in [0.717, 1.165) is 33.3 Å². The van der Waals surface area contributed by atoms with Gasteiger partial charge in [-0.1, -0.05) is 49.1 Å². The number of hydrogen-bond acceptors (Lipinski definition) is 7. The summed E-state index contributed by atoms with van der Waals surface area (Å²) in [6, 6.07) is 11.7. The first kappa shape index (κ1) is 20.5. The van der Waals surface area contributed by atoms with Gasteiger partial charge in [0.25, 0.3) is 0 Å². The number of benzene rings is 1. The van der Waals surface area contributed by atoms with Crippen LogP contribution in [-0.2, 0) is 11.3 Å². The summed E-state index contributed by atoms with van der Waals surface area (Å²) >= 11 is 2.87. The van der Waals surface area contributed by atoms with Crippen LogP contribution < -0.4 is 5.32 Å². The SMILES string of the molecule is CC(C)Cn1c(SC(C)C(=O)Nc2nc3ccccc3s2)nnc1-c1cccnc1. The molecule has 3 aromatic heterocycles. The lowest BCUT2D eigenvalue weighted by Crippen LogP contribution is -2.23. The van der Waals surface area contributed by atoms with E-state index in [1.807, 2.05) is 43.3 Å². The maximum absolute atomic E-state index is 12.8. The number of fused-ring (bicyclic) bond motifs is 1. The minimum absolute atomic E-state index is 0.110. The smallest absolute Gasteiger partial charge is 0.239 e. The van der Waals surface area contributed by atoms with Gasteiger partial charge in [-0.15, -0.1) is 10.2 Å². The van der Waals surface area contributed by atoms with Crippen molar-refractivity contribution < 1.29 is 4.79 Å². The maximum Gasteiger partial charge on any atom is 0.239 e. The molecule has 0 fully saturated rings.